The number of halogens is 20. The summed E-state index contributed by atoms with van der Waals surface area (Å²) in [6.45, 7) is 2.86. The van der Waals surface area contributed by atoms with Crippen molar-refractivity contribution in [2.24, 2.45) is 0 Å². The first kappa shape index (κ1) is 45.1. The number of rotatable bonds is 4. The molecule has 4 aromatic carbocycles. The van der Waals surface area contributed by atoms with Crippen molar-refractivity contribution in [2.45, 2.75) is 13.8 Å². The summed E-state index contributed by atoms with van der Waals surface area (Å²) in [5.41, 5.74) is -14.3. The minimum Gasteiger partial charge on any atom is -0.207 e. The van der Waals surface area contributed by atoms with Crippen molar-refractivity contribution in [3.8, 4) is 12.1 Å². The van der Waals surface area contributed by atoms with E-state index in [1.807, 2.05) is 0 Å². The van der Waals surface area contributed by atoms with Gasteiger partial charge in [0.05, 0.1) is 12.1 Å². The second kappa shape index (κ2) is 16.6. The van der Waals surface area contributed by atoms with Crippen molar-refractivity contribution in [3.63, 3.8) is 0 Å². The molecule has 0 fully saturated rings. The Kier molecular flexibility index (Phi) is 14.4. The Labute approximate surface area is 285 Å². The van der Waals surface area contributed by atoms with E-state index >= 15 is 35.1 Å². The van der Waals surface area contributed by atoms with Crippen LogP contribution in [0.4, 0.5) is 87.8 Å². The maximum atomic E-state index is 15.4. The molecule has 0 saturated heterocycles. The van der Waals surface area contributed by atoms with Gasteiger partial charge in [-0.2, -0.15) is 10.5 Å². The molecule has 4 rings (SSSR count). The second-order valence-electron chi connectivity index (χ2n) is 9.25. The van der Waals surface area contributed by atoms with Gasteiger partial charge in [0.15, 0.2) is 69.8 Å². The summed E-state index contributed by atoms with van der Waals surface area (Å²) in [6, 6.07) is 3.50. The van der Waals surface area contributed by atoms with E-state index in [1.165, 1.54) is 13.8 Å². The van der Waals surface area contributed by atoms with Crippen molar-refractivity contribution in [2.75, 3.05) is 0 Å². The molecule has 0 N–H and O–H groups in total. The molecule has 0 atom stereocenters. The van der Waals surface area contributed by atoms with Crippen molar-refractivity contribution in [1.29, 1.82) is 10.5 Å². The van der Waals surface area contributed by atoms with Crippen LogP contribution in [0.15, 0.2) is 0 Å². The van der Waals surface area contributed by atoms with Gasteiger partial charge in [-0.15, -0.1) is 21.9 Å². The number of hydrogen-bond donors (Lipinski definition) is 0. The summed E-state index contributed by atoms with van der Waals surface area (Å²) >= 11 is 0. The smallest absolute Gasteiger partial charge is 0.207 e. The fourth-order valence-electron chi connectivity index (χ4n) is 4.87. The SMILES string of the molecule is CC#N.CC#N.Fc1c(F)c(F)c([B-](c2c(F)c(F)c(F)c(F)c2F)(c2c(F)c(F)c(F)c(F)c2F)c2c(F)c(F)c(F)c(F)c2F)c(F)c1F.[Cu+]. The molecule has 0 bridgehead atoms. The zero-order valence-electron chi connectivity index (χ0n) is 24.3. The van der Waals surface area contributed by atoms with Gasteiger partial charge >= 0.3 is 17.1 Å². The van der Waals surface area contributed by atoms with E-state index in [1.54, 1.807) is 12.1 Å². The maximum Gasteiger partial charge on any atom is 1.00 e. The van der Waals surface area contributed by atoms with E-state index in [-0.39, 0.29) is 17.1 Å². The Balaban J connectivity index is 0.00000180. The fourth-order valence-corrected chi connectivity index (χ4v) is 4.87. The van der Waals surface area contributed by atoms with Crippen molar-refractivity contribution < 1.29 is 105 Å². The molecule has 0 unspecified atom stereocenters. The van der Waals surface area contributed by atoms with Gasteiger partial charge in [-0.3, -0.25) is 0 Å². The van der Waals surface area contributed by atoms with Gasteiger partial charge in [0.2, 0.25) is 0 Å². The van der Waals surface area contributed by atoms with Crippen molar-refractivity contribution in [3.05, 3.63) is 116 Å². The molecule has 0 spiro atoms. The number of nitrogens with zero attached hydrogens (tertiary/aromatic N) is 2. The fraction of sp³-hybridized carbons (Fsp3) is 0.0714. The Morgan fingerprint density at radius 3 is 0.442 bits per heavy atom. The molecule has 0 radical (unpaired) electrons. The third-order valence-electron chi connectivity index (χ3n) is 6.71. The van der Waals surface area contributed by atoms with Crippen LogP contribution in [0.1, 0.15) is 13.8 Å². The summed E-state index contributed by atoms with van der Waals surface area (Å²) in [7, 11) is 0. The quantitative estimate of drug-likeness (QED) is 0.0974. The van der Waals surface area contributed by atoms with Crippen LogP contribution in [0.2, 0.25) is 0 Å². The number of benzene rings is 4. The molecule has 24 heteroatoms. The largest absolute Gasteiger partial charge is 1.00 e. The van der Waals surface area contributed by atoms with Crippen LogP contribution in [-0.2, 0) is 17.1 Å². The third kappa shape index (κ3) is 6.60. The van der Waals surface area contributed by atoms with Gasteiger partial charge in [-0.1, -0.05) is 0 Å². The molecular weight excluding hydrogens is 819 g/mol. The molecule has 0 aromatic heterocycles. The van der Waals surface area contributed by atoms with Crippen LogP contribution in [0, 0.1) is 139 Å². The van der Waals surface area contributed by atoms with Gasteiger partial charge < -0.3 is 0 Å². The first-order valence-electron chi connectivity index (χ1n) is 12.4. The van der Waals surface area contributed by atoms with Gasteiger partial charge in [0.25, 0.3) is 0 Å². The summed E-state index contributed by atoms with van der Waals surface area (Å²) in [5.74, 6) is -71.4. The van der Waals surface area contributed by atoms with Crippen LogP contribution in [-0.4, -0.2) is 6.15 Å². The topological polar surface area (TPSA) is 47.6 Å². The Hall–Kier alpha value is -4.96. The van der Waals surface area contributed by atoms with Crippen LogP contribution >= 0.6 is 0 Å². The summed E-state index contributed by atoms with van der Waals surface area (Å²) < 4.78 is 294. The van der Waals surface area contributed by atoms with Gasteiger partial charge in [0.1, 0.15) is 52.7 Å². The third-order valence-corrected chi connectivity index (χ3v) is 6.71. The Morgan fingerprint density at radius 1 is 0.269 bits per heavy atom. The zero-order chi connectivity index (χ0) is 39.8. The first-order chi connectivity index (χ1) is 23.5. The minimum absolute atomic E-state index is 0. The van der Waals surface area contributed by atoms with Crippen LogP contribution in [0.25, 0.3) is 0 Å². The van der Waals surface area contributed by atoms with Crippen LogP contribution in [0.5, 0.6) is 0 Å². The molecular formula is C28H6BCuF20N2. The monoisotopic (exact) mass is 824 g/mol. The van der Waals surface area contributed by atoms with Crippen LogP contribution in [0.3, 0.4) is 0 Å². The van der Waals surface area contributed by atoms with Gasteiger partial charge in [-0.05, 0) is 0 Å². The van der Waals surface area contributed by atoms with Crippen LogP contribution < -0.4 is 21.9 Å². The molecule has 4 aromatic rings. The Bertz CT molecular complexity index is 1770. The van der Waals surface area contributed by atoms with E-state index in [2.05, 4.69) is 0 Å². The molecule has 282 valence electrons. The van der Waals surface area contributed by atoms with Gasteiger partial charge in [0, 0.05) is 13.8 Å². The zero-order valence-corrected chi connectivity index (χ0v) is 25.3. The predicted molar refractivity (Wildman–Crippen MR) is 132 cm³/mol. The summed E-state index contributed by atoms with van der Waals surface area (Å²) in [6.07, 6.45) is -7.22. The van der Waals surface area contributed by atoms with E-state index in [0.29, 0.717) is 0 Å². The van der Waals surface area contributed by atoms with E-state index in [4.69, 9.17) is 10.5 Å². The molecule has 0 amide bonds. The molecule has 2 nitrogen and oxygen atoms in total. The van der Waals surface area contributed by atoms with E-state index in [0.717, 1.165) is 0 Å². The average molecular weight is 825 g/mol. The minimum atomic E-state index is -7.22. The van der Waals surface area contributed by atoms with Crippen molar-refractivity contribution in [1.82, 2.24) is 0 Å². The van der Waals surface area contributed by atoms with E-state index < -0.39 is 144 Å². The average Bonchev–Trinajstić information content (AvgIpc) is 3.08. The second-order valence-corrected chi connectivity index (χ2v) is 9.25. The molecule has 52 heavy (non-hydrogen) atoms. The standard InChI is InChI=1S/C24BF20.2C2H3N.Cu/c26-5-1(6(27)14(35)21(42)13(5)34)25(2-7(28)15(36)22(43)16(37)8(2)29,3-9(30)17(38)23(44)18(39)10(3)31)4-11(32)19(40)24(45)20(41)12(4)33;2*1-2-3;/h;2*1H3;/q-1;;;+1. The summed E-state index contributed by atoms with van der Waals surface area (Å²) in [4.78, 5) is 0. The van der Waals surface area contributed by atoms with Gasteiger partial charge in [-0.25, -0.2) is 87.8 Å². The molecule has 0 aliphatic carbocycles. The molecule has 0 saturated carbocycles. The van der Waals surface area contributed by atoms with E-state index in [9.17, 15) is 52.7 Å². The Morgan fingerprint density at radius 2 is 0.346 bits per heavy atom. The molecule has 0 heterocycles. The number of hydrogen-bond acceptors (Lipinski definition) is 2. The maximum absolute atomic E-state index is 15.4. The molecule has 0 aliphatic heterocycles. The number of nitriles is 2. The predicted octanol–water partition coefficient (Wildman–Crippen LogP) is 6.90. The molecule has 0 aliphatic rings. The van der Waals surface area contributed by atoms with Crippen molar-refractivity contribution >= 4 is 28.0 Å². The summed E-state index contributed by atoms with van der Waals surface area (Å²) in [5, 5.41) is 14.6. The first-order valence-corrected chi connectivity index (χ1v) is 12.4. The normalized spacial score (nSPS) is 10.7.